The summed E-state index contributed by atoms with van der Waals surface area (Å²) in [5.74, 6) is -1.28. The minimum Gasteiger partial charge on any atom is -0.481 e. The Morgan fingerprint density at radius 1 is 1.47 bits per heavy atom. The summed E-state index contributed by atoms with van der Waals surface area (Å²) in [7, 11) is 0. The third-order valence-corrected chi connectivity index (χ3v) is 2.57. The van der Waals surface area contributed by atoms with Gasteiger partial charge < -0.3 is 10.0 Å². The molecule has 1 rings (SSSR count). The molecule has 1 N–H and O–H groups in total. The van der Waals surface area contributed by atoms with E-state index in [0.29, 0.717) is 0 Å². The van der Waals surface area contributed by atoms with Gasteiger partial charge in [0.05, 0.1) is 19.4 Å². The normalized spacial score (nSPS) is 18.7. The van der Waals surface area contributed by atoms with Gasteiger partial charge in [0.25, 0.3) is 0 Å². The lowest BCUT2D eigenvalue weighted by atomic mass is 9.99. The van der Waals surface area contributed by atoms with Gasteiger partial charge in [-0.3, -0.25) is 14.4 Å². The van der Waals surface area contributed by atoms with Crippen LogP contribution in [0.4, 0.5) is 0 Å². The molecule has 1 aliphatic rings. The third-order valence-electron chi connectivity index (χ3n) is 2.57. The van der Waals surface area contributed by atoms with Crippen molar-refractivity contribution in [1.29, 1.82) is 0 Å². The van der Waals surface area contributed by atoms with Crippen molar-refractivity contribution in [2.75, 3.05) is 6.54 Å². The number of amides is 1. The number of hydrogen-bond acceptors (Lipinski definition) is 3. The van der Waals surface area contributed by atoms with Gasteiger partial charge in [0.15, 0.2) is 5.78 Å². The molecule has 0 radical (unpaired) electrons. The van der Waals surface area contributed by atoms with E-state index >= 15 is 0 Å². The minimum atomic E-state index is -0.944. The summed E-state index contributed by atoms with van der Waals surface area (Å²) < 4.78 is 0. The minimum absolute atomic E-state index is 0.0379. The van der Waals surface area contributed by atoms with Crippen LogP contribution in [0.5, 0.6) is 0 Å². The molecule has 1 fully saturated rings. The third kappa shape index (κ3) is 2.78. The van der Waals surface area contributed by atoms with E-state index in [0.717, 1.165) is 0 Å². The van der Waals surface area contributed by atoms with E-state index < -0.39 is 5.97 Å². The number of Topliss-reactive ketones (excluding diaryl/α,β-unsaturated/α-hetero) is 1. The smallest absolute Gasteiger partial charge is 0.305 e. The highest BCUT2D eigenvalue weighted by Crippen LogP contribution is 2.19. The highest BCUT2D eigenvalue weighted by atomic mass is 16.4. The average Bonchev–Trinajstić information content (AvgIpc) is 2.40. The van der Waals surface area contributed by atoms with E-state index in [1.54, 1.807) is 0 Å². The number of aliphatic carboxylic acids is 1. The molecule has 1 unspecified atom stereocenters. The number of likely N-dealkylation sites (tertiary alicyclic amines) is 1. The molecule has 0 aliphatic carbocycles. The van der Waals surface area contributed by atoms with E-state index in [2.05, 4.69) is 0 Å². The molecule has 0 bridgehead atoms. The summed E-state index contributed by atoms with van der Waals surface area (Å²) in [4.78, 5) is 34.5. The summed E-state index contributed by atoms with van der Waals surface area (Å²) in [5, 5.41) is 8.72. The van der Waals surface area contributed by atoms with E-state index in [9.17, 15) is 14.4 Å². The van der Waals surface area contributed by atoms with Crippen molar-refractivity contribution in [3.63, 3.8) is 0 Å². The average molecular weight is 213 g/mol. The van der Waals surface area contributed by atoms with Crippen molar-refractivity contribution in [3.8, 4) is 0 Å². The maximum Gasteiger partial charge on any atom is 0.305 e. The van der Waals surface area contributed by atoms with Crippen molar-refractivity contribution < 1.29 is 19.5 Å². The SMILES string of the molecule is CC(C)C(CC(=O)O)N1CC(=O)CC1=O. The van der Waals surface area contributed by atoms with Gasteiger partial charge >= 0.3 is 5.97 Å². The highest BCUT2D eigenvalue weighted by molar-refractivity contribution is 6.05. The zero-order chi connectivity index (χ0) is 11.6. The Morgan fingerprint density at radius 3 is 2.40 bits per heavy atom. The molecule has 5 heteroatoms. The fourth-order valence-corrected chi connectivity index (χ4v) is 1.79. The van der Waals surface area contributed by atoms with E-state index in [-0.39, 0.29) is 43.0 Å². The fourth-order valence-electron chi connectivity index (χ4n) is 1.79. The molecule has 0 aromatic rings. The lowest BCUT2D eigenvalue weighted by Gasteiger charge is -2.29. The van der Waals surface area contributed by atoms with Crippen LogP contribution in [0, 0.1) is 5.92 Å². The number of nitrogens with zero attached hydrogens (tertiary/aromatic N) is 1. The number of carbonyl (C=O) groups is 3. The van der Waals surface area contributed by atoms with Crippen molar-refractivity contribution in [3.05, 3.63) is 0 Å². The number of rotatable bonds is 4. The summed E-state index contributed by atoms with van der Waals surface area (Å²) in [6, 6.07) is -0.374. The van der Waals surface area contributed by atoms with E-state index in [1.165, 1.54) is 4.90 Å². The Bertz CT molecular complexity index is 298. The van der Waals surface area contributed by atoms with Crippen LogP contribution in [-0.2, 0) is 14.4 Å². The van der Waals surface area contributed by atoms with Gasteiger partial charge in [-0.05, 0) is 5.92 Å². The number of hydrogen-bond donors (Lipinski definition) is 1. The maximum atomic E-state index is 11.4. The first-order valence-corrected chi connectivity index (χ1v) is 4.94. The Hall–Kier alpha value is -1.39. The number of carboxylic acids is 1. The van der Waals surface area contributed by atoms with Gasteiger partial charge in [-0.1, -0.05) is 13.8 Å². The fraction of sp³-hybridized carbons (Fsp3) is 0.700. The predicted molar refractivity (Wildman–Crippen MR) is 52.2 cm³/mol. The monoisotopic (exact) mass is 213 g/mol. The Labute approximate surface area is 88.1 Å². The maximum absolute atomic E-state index is 11.4. The first-order chi connectivity index (χ1) is 6.91. The van der Waals surface area contributed by atoms with Crippen LogP contribution in [0.3, 0.4) is 0 Å². The topological polar surface area (TPSA) is 74.7 Å². The number of carboxylic acid groups (broad SMARTS) is 1. The Morgan fingerprint density at radius 2 is 2.07 bits per heavy atom. The Balaban J connectivity index is 2.76. The highest BCUT2D eigenvalue weighted by Gasteiger charge is 2.35. The molecular weight excluding hydrogens is 198 g/mol. The molecule has 1 atom stereocenters. The molecule has 0 spiro atoms. The molecule has 15 heavy (non-hydrogen) atoms. The van der Waals surface area contributed by atoms with Gasteiger partial charge in [-0.15, -0.1) is 0 Å². The molecule has 1 saturated heterocycles. The van der Waals surface area contributed by atoms with Crippen LogP contribution < -0.4 is 0 Å². The van der Waals surface area contributed by atoms with Crippen molar-refractivity contribution in [2.24, 2.45) is 5.92 Å². The molecule has 0 saturated carbocycles. The number of ketones is 1. The summed E-state index contributed by atoms with van der Waals surface area (Å²) >= 11 is 0. The van der Waals surface area contributed by atoms with Gasteiger partial charge in [0, 0.05) is 6.04 Å². The van der Waals surface area contributed by atoms with Gasteiger partial charge in [-0.25, -0.2) is 0 Å². The van der Waals surface area contributed by atoms with E-state index in [4.69, 9.17) is 5.11 Å². The molecule has 84 valence electrons. The quantitative estimate of drug-likeness (QED) is 0.681. The van der Waals surface area contributed by atoms with Gasteiger partial charge in [-0.2, -0.15) is 0 Å². The molecule has 1 heterocycles. The molecule has 0 aromatic carbocycles. The van der Waals surface area contributed by atoms with Crippen LogP contribution in [0.25, 0.3) is 0 Å². The van der Waals surface area contributed by atoms with Crippen molar-refractivity contribution >= 4 is 17.7 Å². The predicted octanol–water partition coefficient (Wildman–Crippen LogP) is 0.287. The second-order valence-electron chi connectivity index (χ2n) is 4.15. The summed E-state index contributed by atoms with van der Waals surface area (Å²) in [6.45, 7) is 3.77. The zero-order valence-electron chi connectivity index (χ0n) is 8.90. The second kappa shape index (κ2) is 4.42. The molecular formula is C10H15NO4. The van der Waals surface area contributed by atoms with Crippen molar-refractivity contribution in [2.45, 2.75) is 32.7 Å². The van der Waals surface area contributed by atoms with Gasteiger partial charge in [0.1, 0.15) is 0 Å². The lowest BCUT2D eigenvalue weighted by Crippen LogP contribution is -2.41. The standard InChI is InChI=1S/C10H15NO4/c1-6(2)8(4-10(14)15)11-5-7(12)3-9(11)13/h6,8H,3-5H2,1-2H3,(H,14,15). The van der Waals surface area contributed by atoms with Crippen LogP contribution in [0.2, 0.25) is 0 Å². The first kappa shape index (κ1) is 11.7. The molecule has 1 aliphatic heterocycles. The van der Waals surface area contributed by atoms with E-state index in [1.807, 2.05) is 13.8 Å². The van der Waals surface area contributed by atoms with Crippen LogP contribution in [0.1, 0.15) is 26.7 Å². The molecule has 1 amide bonds. The largest absolute Gasteiger partial charge is 0.481 e. The molecule has 0 aromatic heterocycles. The van der Waals surface area contributed by atoms with Crippen LogP contribution in [-0.4, -0.2) is 40.3 Å². The van der Waals surface area contributed by atoms with Gasteiger partial charge in [0.2, 0.25) is 5.91 Å². The number of carbonyl (C=O) groups excluding carboxylic acids is 2. The second-order valence-corrected chi connectivity index (χ2v) is 4.15. The zero-order valence-corrected chi connectivity index (χ0v) is 8.90. The summed E-state index contributed by atoms with van der Waals surface area (Å²) in [5.41, 5.74) is 0. The van der Waals surface area contributed by atoms with Crippen LogP contribution >= 0.6 is 0 Å². The summed E-state index contributed by atoms with van der Waals surface area (Å²) in [6.07, 6.45) is -0.181. The lowest BCUT2D eigenvalue weighted by molar-refractivity contribution is -0.140. The van der Waals surface area contributed by atoms with Crippen molar-refractivity contribution in [1.82, 2.24) is 4.90 Å². The first-order valence-electron chi connectivity index (χ1n) is 4.94. The Kier molecular flexibility index (Phi) is 3.44. The molecule has 5 nitrogen and oxygen atoms in total. The van der Waals surface area contributed by atoms with Crippen LogP contribution in [0.15, 0.2) is 0 Å².